The standard InChI is InChI=1S/C17H24N4O/c1-22-12-11-18-17-20-15-10-6-5-9-14(15)16(21-17)19-13-7-3-2-4-8-13/h5-6,9-10,13H,2-4,7-8,11-12H2,1H3,(H2,18,19,20,21). The first kappa shape index (κ1) is 15.0. The SMILES string of the molecule is COCCNc1nc(NC2CCCCC2)c2ccccc2n1. The van der Waals surface area contributed by atoms with E-state index in [4.69, 9.17) is 4.74 Å². The zero-order chi connectivity index (χ0) is 15.2. The highest BCUT2D eigenvalue weighted by Crippen LogP contribution is 2.26. The van der Waals surface area contributed by atoms with Crippen molar-refractivity contribution in [1.82, 2.24) is 9.97 Å². The number of para-hydroxylation sites is 1. The molecule has 1 aromatic heterocycles. The van der Waals surface area contributed by atoms with Gasteiger partial charge in [-0.05, 0) is 25.0 Å². The summed E-state index contributed by atoms with van der Waals surface area (Å²) >= 11 is 0. The normalized spacial score (nSPS) is 15.9. The predicted molar refractivity (Wildman–Crippen MR) is 90.4 cm³/mol. The maximum absolute atomic E-state index is 5.07. The van der Waals surface area contributed by atoms with Gasteiger partial charge in [-0.2, -0.15) is 4.98 Å². The van der Waals surface area contributed by atoms with Gasteiger partial charge >= 0.3 is 0 Å². The van der Waals surface area contributed by atoms with E-state index in [1.54, 1.807) is 7.11 Å². The Kier molecular flexibility index (Phi) is 5.06. The molecule has 2 aromatic rings. The van der Waals surface area contributed by atoms with Gasteiger partial charge in [-0.1, -0.05) is 31.4 Å². The van der Waals surface area contributed by atoms with Gasteiger partial charge in [0.15, 0.2) is 0 Å². The van der Waals surface area contributed by atoms with Crippen molar-refractivity contribution in [3.8, 4) is 0 Å². The Balaban J connectivity index is 1.84. The van der Waals surface area contributed by atoms with E-state index in [1.165, 1.54) is 32.1 Å². The Labute approximate surface area is 131 Å². The van der Waals surface area contributed by atoms with E-state index in [-0.39, 0.29) is 0 Å². The molecule has 5 heteroatoms. The van der Waals surface area contributed by atoms with E-state index in [1.807, 2.05) is 18.2 Å². The van der Waals surface area contributed by atoms with Gasteiger partial charge in [-0.3, -0.25) is 0 Å². The van der Waals surface area contributed by atoms with Gasteiger partial charge in [-0.25, -0.2) is 4.98 Å². The summed E-state index contributed by atoms with van der Waals surface area (Å²) in [5.41, 5.74) is 0.968. The molecule has 118 valence electrons. The quantitative estimate of drug-likeness (QED) is 0.800. The number of methoxy groups -OCH3 is 1. The summed E-state index contributed by atoms with van der Waals surface area (Å²) in [5, 5.41) is 7.95. The van der Waals surface area contributed by atoms with Crippen molar-refractivity contribution in [2.45, 2.75) is 38.1 Å². The second kappa shape index (κ2) is 7.40. The van der Waals surface area contributed by atoms with Crippen LogP contribution >= 0.6 is 0 Å². The van der Waals surface area contributed by atoms with Crippen LogP contribution in [-0.4, -0.2) is 36.3 Å². The van der Waals surface area contributed by atoms with Crippen LogP contribution in [0.25, 0.3) is 10.9 Å². The van der Waals surface area contributed by atoms with Gasteiger partial charge in [-0.15, -0.1) is 0 Å². The molecule has 1 aliphatic carbocycles. The molecule has 0 saturated heterocycles. The second-order valence-corrected chi connectivity index (χ2v) is 5.81. The number of nitrogens with zero attached hydrogens (tertiary/aromatic N) is 2. The number of ether oxygens (including phenoxy) is 1. The van der Waals surface area contributed by atoms with Crippen molar-refractivity contribution in [3.63, 3.8) is 0 Å². The molecule has 1 saturated carbocycles. The summed E-state index contributed by atoms with van der Waals surface area (Å²) in [4.78, 5) is 9.26. The number of anilines is 2. The molecule has 22 heavy (non-hydrogen) atoms. The largest absolute Gasteiger partial charge is 0.383 e. The van der Waals surface area contributed by atoms with E-state index in [9.17, 15) is 0 Å². The highest BCUT2D eigenvalue weighted by Gasteiger charge is 2.15. The lowest BCUT2D eigenvalue weighted by Gasteiger charge is -2.24. The smallest absolute Gasteiger partial charge is 0.225 e. The molecule has 1 aromatic carbocycles. The zero-order valence-electron chi connectivity index (χ0n) is 13.1. The summed E-state index contributed by atoms with van der Waals surface area (Å²) in [7, 11) is 1.69. The fourth-order valence-electron chi connectivity index (χ4n) is 2.97. The van der Waals surface area contributed by atoms with Crippen molar-refractivity contribution < 1.29 is 4.74 Å². The van der Waals surface area contributed by atoms with Crippen LogP contribution in [0.5, 0.6) is 0 Å². The Bertz CT molecular complexity index is 611. The third kappa shape index (κ3) is 3.65. The van der Waals surface area contributed by atoms with E-state index in [2.05, 4.69) is 26.7 Å². The molecule has 0 unspecified atom stereocenters. The van der Waals surface area contributed by atoms with E-state index in [0.717, 1.165) is 16.7 Å². The molecule has 1 aliphatic rings. The number of aromatic nitrogens is 2. The number of hydrogen-bond acceptors (Lipinski definition) is 5. The molecular formula is C17H24N4O. The Morgan fingerprint density at radius 3 is 2.77 bits per heavy atom. The number of rotatable bonds is 6. The molecule has 5 nitrogen and oxygen atoms in total. The third-order valence-corrected chi connectivity index (χ3v) is 4.14. The van der Waals surface area contributed by atoms with Crippen LogP contribution in [0.4, 0.5) is 11.8 Å². The van der Waals surface area contributed by atoms with Crippen molar-refractivity contribution in [3.05, 3.63) is 24.3 Å². The fraction of sp³-hybridized carbons (Fsp3) is 0.529. The molecule has 0 amide bonds. The third-order valence-electron chi connectivity index (χ3n) is 4.14. The Hall–Kier alpha value is -1.88. The summed E-state index contributed by atoms with van der Waals surface area (Å²) in [5.74, 6) is 1.60. The van der Waals surface area contributed by atoms with Crippen LogP contribution in [0, 0.1) is 0 Å². The lowest BCUT2D eigenvalue weighted by Crippen LogP contribution is -2.23. The van der Waals surface area contributed by atoms with Gasteiger partial charge < -0.3 is 15.4 Å². The minimum Gasteiger partial charge on any atom is -0.383 e. The zero-order valence-corrected chi connectivity index (χ0v) is 13.1. The van der Waals surface area contributed by atoms with E-state index in [0.29, 0.717) is 25.1 Å². The first-order chi connectivity index (χ1) is 10.9. The van der Waals surface area contributed by atoms with Crippen LogP contribution in [0.2, 0.25) is 0 Å². The molecule has 1 fully saturated rings. The van der Waals surface area contributed by atoms with Crippen molar-refractivity contribution in [2.24, 2.45) is 0 Å². The van der Waals surface area contributed by atoms with Gasteiger partial charge in [0.1, 0.15) is 5.82 Å². The summed E-state index contributed by atoms with van der Waals surface area (Å²) in [6.45, 7) is 1.35. The van der Waals surface area contributed by atoms with E-state index >= 15 is 0 Å². The molecule has 3 rings (SSSR count). The first-order valence-electron chi connectivity index (χ1n) is 8.13. The van der Waals surface area contributed by atoms with Crippen LogP contribution in [0.1, 0.15) is 32.1 Å². The number of hydrogen-bond donors (Lipinski definition) is 2. The van der Waals surface area contributed by atoms with Crippen molar-refractivity contribution >= 4 is 22.7 Å². The molecule has 2 N–H and O–H groups in total. The minimum absolute atomic E-state index is 0.527. The highest BCUT2D eigenvalue weighted by molar-refractivity contribution is 5.90. The van der Waals surface area contributed by atoms with E-state index < -0.39 is 0 Å². The lowest BCUT2D eigenvalue weighted by atomic mass is 9.95. The van der Waals surface area contributed by atoms with Crippen LogP contribution in [-0.2, 0) is 4.74 Å². The molecule has 1 heterocycles. The van der Waals surface area contributed by atoms with Crippen LogP contribution in [0.3, 0.4) is 0 Å². The molecule has 0 spiro atoms. The van der Waals surface area contributed by atoms with Gasteiger partial charge in [0.05, 0.1) is 12.1 Å². The van der Waals surface area contributed by atoms with Gasteiger partial charge in [0.2, 0.25) is 5.95 Å². The molecule has 0 atom stereocenters. The number of benzene rings is 1. The van der Waals surface area contributed by atoms with Crippen molar-refractivity contribution in [1.29, 1.82) is 0 Å². The molecule has 0 radical (unpaired) electrons. The Morgan fingerprint density at radius 1 is 1.14 bits per heavy atom. The molecular weight excluding hydrogens is 276 g/mol. The maximum atomic E-state index is 5.07. The lowest BCUT2D eigenvalue weighted by molar-refractivity contribution is 0.210. The predicted octanol–water partition coefficient (Wildman–Crippen LogP) is 3.43. The van der Waals surface area contributed by atoms with Crippen molar-refractivity contribution in [2.75, 3.05) is 30.9 Å². The number of fused-ring (bicyclic) bond motifs is 1. The monoisotopic (exact) mass is 300 g/mol. The topological polar surface area (TPSA) is 59.1 Å². The van der Waals surface area contributed by atoms with Gasteiger partial charge in [0, 0.05) is 25.1 Å². The minimum atomic E-state index is 0.527. The molecule has 0 bridgehead atoms. The summed E-state index contributed by atoms with van der Waals surface area (Å²) < 4.78 is 5.07. The number of nitrogens with one attached hydrogen (secondary N) is 2. The summed E-state index contributed by atoms with van der Waals surface area (Å²) in [6.07, 6.45) is 6.42. The van der Waals surface area contributed by atoms with Crippen LogP contribution in [0.15, 0.2) is 24.3 Å². The average Bonchev–Trinajstić information content (AvgIpc) is 2.56. The Morgan fingerprint density at radius 2 is 1.95 bits per heavy atom. The average molecular weight is 300 g/mol. The molecule has 0 aliphatic heterocycles. The second-order valence-electron chi connectivity index (χ2n) is 5.81. The van der Waals surface area contributed by atoms with Gasteiger partial charge in [0.25, 0.3) is 0 Å². The summed E-state index contributed by atoms with van der Waals surface area (Å²) in [6, 6.07) is 8.69. The fourth-order valence-corrected chi connectivity index (χ4v) is 2.97. The maximum Gasteiger partial charge on any atom is 0.225 e. The first-order valence-corrected chi connectivity index (χ1v) is 8.13. The highest BCUT2D eigenvalue weighted by atomic mass is 16.5. The van der Waals surface area contributed by atoms with Crippen LogP contribution < -0.4 is 10.6 Å².